The van der Waals surface area contributed by atoms with Crippen LogP contribution in [0.25, 0.3) is 6.08 Å². The Hall–Kier alpha value is -4.46. The van der Waals surface area contributed by atoms with Crippen molar-refractivity contribution in [3.63, 3.8) is 0 Å². The highest BCUT2D eigenvalue weighted by atomic mass is 16.7. The summed E-state index contributed by atoms with van der Waals surface area (Å²) in [6.07, 6.45) is 3.10. The molecule has 0 unspecified atom stereocenters. The summed E-state index contributed by atoms with van der Waals surface area (Å²) in [5.74, 6) is 1.93. The maximum absolute atomic E-state index is 13.3. The number of amides is 2. The van der Waals surface area contributed by atoms with E-state index in [-0.39, 0.29) is 18.6 Å². The summed E-state index contributed by atoms with van der Waals surface area (Å²) < 4.78 is 21.1. The number of ether oxygens (including phenoxy) is 4. The Kier molecular flexibility index (Phi) is 7.21. The van der Waals surface area contributed by atoms with Crippen LogP contribution < -0.4 is 24.3 Å². The van der Waals surface area contributed by atoms with Gasteiger partial charge < -0.3 is 29.2 Å². The fourth-order valence-electron chi connectivity index (χ4n) is 3.65. The normalized spacial score (nSPS) is 12.8. The van der Waals surface area contributed by atoms with Gasteiger partial charge in [0.1, 0.15) is 17.5 Å². The first kappa shape index (κ1) is 23.7. The van der Waals surface area contributed by atoms with E-state index in [1.807, 2.05) is 6.07 Å². The lowest BCUT2D eigenvalue weighted by Gasteiger charge is -2.27. The van der Waals surface area contributed by atoms with Crippen LogP contribution in [0.2, 0.25) is 0 Å². The summed E-state index contributed by atoms with van der Waals surface area (Å²) in [6, 6.07) is 18.6. The number of rotatable bonds is 8. The van der Waals surface area contributed by atoms with Gasteiger partial charge in [0, 0.05) is 18.8 Å². The molecule has 8 heteroatoms. The Balaban J connectivity index is 1.55. The predicted octanol–water partition coefficient (Wildman–Crippen LogP) is 4.28. The van der Waals surface area contributed by atoms with E-state index >= 15 is 0 Å². The summed E-state index contributed by atoms with van der Waals surface area (Å²) in [4.78, 5) is 27.8. The zero-order valence-electron chi connectivity index (χ0n) is 19.7. The number of nitrogens with zero attached hydrogens (tertiary/aromatic N) is 1. The molecule has 3 aromatic rings. The van der Waals surface area contributed by atoms with E-state index in [2.05, 4.69) is 5.32 Å². The molecule has 0 saturated carbocycles. The minimum Gasteiger partial charge on any atom is -0.497 e. The topological polar surface area (TPSA) is 86.3 Å². The van der Waals surface area contributed by atoms with Gasteiger partial charge in [0.25, 0.3) is 5.91 Å². The number of carbonyl (C=O) groups excluding carboxylic acids is 2. The molecule has 0 radical (unpaired) electrons. The van der Waals surface area contributed by atoms with Crippen molar-refractivity contribution < 1.29 is 28.5 Å². The number of hydrogen-bond donors (Lipinski definition) is 1. The van der Waals surface area contributed by atoms with E-state index in [1.165, 1.54) is 11.0 Å². The average molecular weight is 475 g/mol. The van der Waals surface area contributed by atoms with Crippen LogP contribution in [-0.2, 0) is 9.59 Å². The first-order chi connectivity index (χ1) is 17.0. The van der Waals surface area contributed by atoms with E-state index in [9.17, 15) is 9.59 Å². The van der Waals surface area contributed by atoms with E-state index in [4.69, 9.17) is 18.9 Å². The molecule has 0 saturated heterocycles. The maximum atomic E-state index is 13.3. The number of carbonyl (C=O) groups is 2. The van der Waals surface area contributed by atoms with E-state index in [0.717, 1.165) is 5.56 Å². The SMILES string of the molecule is COc1ccc(NC(=O)[C@H](c2ccc(OC)cc2)N(C)C(=O)/C=C\c2ccc3c(c2)OCO3)cc1. The third-order valence-electron chi connectivity index (χ3n) is 5.59. The molecule has 4 rings (SSSR count). The van der Waals surface area contributed by atoms with Gasteiger partial charge in [-0.1, -0.05) is 18.2 Å². The lowest BCUT2D eigenvalue weighted by atomic mass is 10.0. The van der Waals surface area contributed by atoms with E-state index in [1.54, 1.807) is 88.0 Å². The van der Waals surface area contributed by atoms with Gasteiger partial charge in [-0.3, -0.25) is 9.59 Å². The monoisotopic (exact) mass is 474 g/mol. The van der Waals surface area contributed by atoms with Crippen LogP contribution in [0.1, 0.15) is 17.2 Å². The lowest BCUT2D eigenvalue weighted by molar-refractivity contribution is -0.133. The highest BCUT2D eigenvalue weighted by molar-refractivity contribution is 6.00. The van der Waals surface area contributed by atoms with Gasteiger partial charge in [0.15, 0.2) is 11.5 Å². The fraction of sp³-hybridized carbons (Fsp3) is 0.185. The summed E-state index contributed by atoms with van der Waals surface area (Å²) in [5.41, 5.74) is 2.01. The van der Waals surface area contributed by atoms with E-state index < -0.39 is 6.04 Å². The Morgan fingerprint density at radius 1 is 0.914 bits per heavy atom. The van der Waals surface area contributed by atoms with Gasteiger partial charge in [0.05, 0.1) is 14.2 Å². The molecule has 2 amide bonds. The second kappa shape index (κ2) is 10.6. The highest BCUT2D eigenvalue weighted by Gasteiger charge is 2.28. The molecule has 0 aliphatic carbocycles. The van der Waals surface area contributed by atoms with Gasteiger partial charge in [0.2, 0.25) is 12.7 Å². The predicted molar refractivity (Wildman–Crippen MR) is 132 cm³/mol. The molecule has 1 N–H and O–H groups in total. The van der Waals surface area contributed by atoms with Crippen LogP contribution in [0.4, 0.5) is 5.69 Å². The molecule has 3 aromatic carbocycles. The van der Waals surface area contributed by atoms with Crippen LogP contribution in [-0.4, -0.2) is 44.8 Å². The Labute approximate surface area is 203 Å². The number of anilines is 1. The van der Waals surface area contributed by atoms with Crippen molar-refractivity contribution in [2.24, 2.45) is 0 Å². The first-order valence-electron chi connectivity index (χ1n) is 10.9. The summed E-state index contributed by atoms with van der Waals surface area (Å²) in [7, 11) is 4.74. The molecule has 1 aliphatic rings. The third-order valence-corrected chi connectivity index (χ3v) is 5.59. The molecule has 180 valence electrons. The van der Waals surface area contributed by atoms with Crippen LogP contribution in [0.15, 0.2) is 72.8 Å². The molecule has 1 atom stereocenters. The zero-order valence-corrected chi connectivity index (χ0v) is 19.7. The third kappa shape index (κ3) is 5.55. The molecule has 0 fully saturated rings. The zero-order chi connectivity index (χ0) is 24.8. The second-order valence-electron chi connectivity index (χ2n) is 7.79. The molecule has 1 heterocycles. The fourth-order valence-corrected chi connectivity index (χ4v) is 3.65. The van der Waals surface area contributed by atoms with Crippen molar-refractivity contribution >= 4 is 23.6 Å². The number of benzene rings is 3. The van der Waals surface area contributed by atoms with Gasteiger partial charge in [-0.05, 0) is 65.7 Å². The van der Waals surface area contributed by atoms with Gasteiger partial charge >= 0.3 is 0 Å². The first-order valence-corrected chi connectivity index (χ1v) is 10.9. The molecule has 0 spiro atoms. The molecule has 0 aromatic heterocycles. The van der Waals surface area contributed by atoms with Crippen molar-refractivity contribution in [3.8, 4) is 23.0 Å². The molecule has 1 aliphatic heterocycles. The van der Waals surface area contributed by atoms with Crippen molar-refractivity contribution in [1.29, 1.82) is 0 Å². The van der Waals surface area contributed by atoms with Crippen molar-refractivity contribution in [3.05, 3.63) is 83.9 Å². The largest absolute Gasteiger partial charge is 0.497 e. The molecular formula is C27H26N2O6. The highest BCUT2D eigenvalue weighted by Crippen LogP contribution is 2.33. The van der Waals surface area contributed by atoms with E-state index in [0.29, 0.717) is 34.2 Å². The van der Waals surface area contributed by atoms with Gasteiger partial charge in [-0.25, -0.2) is 0 Å². The minimum atomic E-state index is -0.878. The minimum absolute atomic E-state index is 0.178. The number of likely N-dealkylation sites (N-methyl/N-ethyl adjacent to an activating group) is 1. The number of hydrogen-bond acceptors (Lipinski definition) is 6. The Morgan fingerprint density at radius 3 is 2.20 bits per heavy atom. The number of nitrogens with one attached hydrogen (secondary N) is 1. The molecular weight excluding hydrogens is 448 g/mol. The number of fused-ring (bicyclic) bond motifs is 1. The Bertz CT molecular complexity index is 1220. The number of methoxy groups -OCH3 is 2. The summed E-state index contributed by atoms with van der Waals surface area (Å²) in [6.45, 7) is 0.178. The summed E-state index contributed by atoms with van der Waals surface area (Å²) >= 11 is 0. The van der Waals surface area contributed by atoms with Crippen molar-refractivity contribution in [2.45, 2.75) is 6.04 Å². The quantitative estimate of drug-likeness (QED) is 0.491. The second-order valence-corrected chi connectivity index (χ2v) is 7.79. The molecule has 8 nitrogen and oxygen atoms in total. The van der Waals surface area contributed by atoms with Crippen LogP contribution in [0.5, 0.6) is 23.0 Å². The van der Waals surface area contributed by atoms with Crippen molar-refractivity contribution in [1.82, 2.24) is 4.90 Å². The smallest absolute Gasteiger partial charge is 0.251 e. The van der Waals surface area contributed by atoms with Crippen LogP contribution in [0, 0.1) is 0 Å². The molecule has 0 bridgehead atoms. The summed E-state index contributed by atoms with van der Waals surface area (Å²) in [5, 5.41) is 2.88. The van der Waals surface area contributed by atoms with Gasteiger partial charge in [-0.15, -0.1) is 0 Å². The van der Waals surface area contributed by atoms with Crippen LogP contribution in [0.3, 0.4) is 0 Å². The lowest BCUT2D eigenvalue weighted by Crippen LogP contribution is -2.37. The average Bonchev–Trinajstić information content (AvgIpc) is 3.36. The standard InChI is InChI=1S/C27H26N2O6/c1-29(25(30)15-5-18-4-14-23-24(16-18)35-17-34-23)26(19-6-10-21(32-2)11-7-19)27(31)28-20-8-12-22(33-3)13-9-20/h4-16,26H,17H2,1-3H3,(H,28,31)/b15-5-/t26-/m0/s1. The molecule has 35 heavy (non-hydrogen) atoms. The van der Waals surface area contributed by atoms with Crippen molar-refractivity contribution in [2.75, 3.05) is 33.4 Å². The van der Waals surface area contributed by atoms with Gasteiger partial charge in [-0.2, -0.15) is 0 Å². The Morgan fingerprint density at radius 2 is 1.54 bits per heavy atom. The van der Waals surface area contributed by atoms with Crippen LogP contribution >= 0.6 is 0 Å². The maximum Gasteiger partial charge on any atom is 0.251 e.